The number of ether oxygens (including phenoxy) is 2. The third-order valence-electron chi connectivity index (χ3n) is 12.4. The number of phosphoric ester groups is 1. The lowest BCUT2D eigenvalue weighted by Crippen LogP contribution is -2.28. The molecule has 8 nitrogen and oxygen atoms in total. The van der Waals surface area contributed by atoms with Crippen molar-refractivity contribution < 1.29 is 32.8 Å². The van der Waals surface area contributed by atoms with Crippen molar-refractivity contribution in [3.05, 3.63) is 60.8 Å². The Morgan fingerprint density at radius 3 is 1.25 bits per heavy atom. The van der Waals surface area contributed by atoms with Crippen LogP contribution in [0.1, 0.15) is 271 Å². The predicted molar refractivity (Wildman–Crippen MR) is 293 cm³/mol. The minimum Gasteiger partial charge on any atom is -0.457 e. The summed E-state index contributed by atoms with van der Waals surface area (Å²) in [4.78, 5) is 22.7. The first kappa shape index (κ1) is 66.2. The van der Waals surface area contributed by atoms with E-state index in [9.17, 15) is 14.3 Å². The van der Waals surface area contributed by atoms with Crippen molar-refractivity contribution in [1.29, 1.82) is 0 Å². The Morgan fingerprint density at radius 1 is 0.456 bits per heavy atom. The number of nitrogens with two attached hydrogens (primary N) is 1. The fourth-order valence-electron chi connectivity index (χ4n) is 8.22. The van der Waals surface area contributed by atoms with E-state index in [1.807, 2.05) is 0 Å². The van der Waals surface area contributed by atoms with Gasteiger partial charge in [0, 0.05) is 19.6 Å². The van der Waals surface area contributed by atoms with Gasteiger partial charge in [0.25, 0.3) is 0 Å². The van der Waals surface area contributed by atoms with E-state index in [2.05, 4.69) is 74.6 Å². The average molecular weight is 977 g/mol. The molecule has 0 heterocycles. The standard InChI is InChI=1S/C59H110NO7P/c1-3-5-7-9-11-13-15-17-19-21-23-25-27-28-29-31-33-35-37-39-41-43-45-47-49-51-54-64-56-58(57-66-68(62,63)65-55-53-60)67-59(61)52-50-48-46-44-42-40-38-36-34-32-30-26-24-22-20-18-16-14-12-10-8-6-4-2/h6,8,12,14,18,20-21,23-24,26,58H,3-5,7,9-11,13,15-17,19,22,25,27-57,60H2,1-2H3,(H,62,63)/b8-6-,14-12-,20-18-,23-21-,26-24-. The van der Waals surface area contributed by atoms with Crippen molar-refractivity contribution in [2.45, 2.75) is 277 Å². The second-order valence-electron chi connectivity index (χ2n) is 19.1. The van der Waals surface area contributed by atoms with Crippen LogP contribution in [0.25, 0.3) is 0 Å². The van der Waals surface area contributed by atoms with Crippen LogP contribution < -0.4 is 5.73 Å². The lowest BCUT2D eigenvalue weighted by atomic mass is 10.0. The molecule has 0 aliphatic rings. The lowest BCUT2D eigenvalue weighted by molar-refractivity contribution is -0.154. The van der Waals surface area contributed by atoms with Gasteiger partial charge in [-0.25, -0.2) is 4.57 Å². The van der Waals surface area contributed by atoms with Crippen molar-refractivity contribution in [3.63, 3.8) is 0 Å². The molecule has 0 aromatic carbocycles. The topological polar surface area (TPSA) is 117 Å². The molecular weight excluding hydrogens is 866 g/mol. The summed E-state index contributed by atoms with van der Waals surface area (Å²) in [6.45, 7) is 4.85. The van der Waals surface area contributed by atoms with E-state index >= 15 is 0 Å². The zero-order chi connectivity index (χ0) is 49.4. The van der Waals surface area contributed by atoms with Gasteiger partial charge in [0.05, 0.1) is 19.8 Å². The van der Waals surface area contributed by atoms with E-state index < -0.39 is 13.9 Å². The number of carbonyl (C=O) groups is 1. The van der Waals surface area contributed by atoms with Crippen LogP contribution in [-0.4, -0.2) is 49.9 Å². The second-order valence-corrected chi connectivity index (χ2v) is 20.6. The van der Waals surface area contributed by atoms with Crippen molar-refractivity contribution in [1.82, 2.24) is 0 Å². The summed E-state index contributed by atoms with van der Waals surface area (Å²) in [6.07, 6.45) is 71.3. The molecule has 0 aliphatic heterocycles. The zero-order valence-electron chi connectivity index (χ0n) is 44.6. The van der Waals surface area contributed by atoms with Crippen LogP contribution in [-0.2, 0) is 27.9 Å². The minimum absolute atomic E-state index is 0.0972. The molecule has 3 N–H and O–H groups in total. The number of hydrogen-bond acceptors (Lipinski definition) is 7. The number of allylic oxidation sites excluding steroid dienone is 10. The number of esters is 1. The summed E-state index contributed by atoms with van der Waals surface area (Å²) in [5.74, 6) is -0.332. The van der Waals surface area contributed by atoms with Crippen molar-refractivity contribution in [3.8, 4) is 0 Å². The molecule has 0 saturated heterocycles. The molecule has 398 valence electrons. The Labute approximate surface area is 421 Å². The van der Waals surface area contributed by atoms with Gasteiger partial charge in [-0.2, -0.15) is 0 Å². The van der Waals surface area contributed by atoms with Crippen molar-refractivity contribution in [2.24, 2.45) is 5.73 Å². The minimum atomic E-state index is -4.29. The molecule has 0 aliphatic carbocycles. The van der Waals surface area contributed by atoms with Crippen LogP contribution in [0, 0.1) is 0 Å². The van der Waals surface area contributed by atoms with Crippen molar-refractivity contribution >= 4 is 13.8 Å². The summed E-state index contributed by atoms with van der Waals surface area (Å²) in [6, 6.07) is 0. The van der Waals surface area contributed by atoms with E-state index in [1.54, 1.807) is 0 Å². The Hall–Kier alpha value is -1.80. The Bertz CT molecular complexity index is 1230. The second kappa shape index (κ2) is 56.1. The van der Waals surface area contributed by atoms with Gasteiger partial charge in [-0.3, -0.25) is 13.8 Å². The van der Waals surface area contributed by atoms with Gasteiger partial charge < -0.3 is 20.1 Å². The SMILES string of the molecule is CC/C=C\C/C=C\C/C=C\C/C=C\CCCCCCCCCCCCC(=O)OC(COCCCCCCCCCCCCCCCC/C=C\CCCCCCCCCC)COP(=O)(O)OCCN. The van der Waals surface area contributed by atoms with Gasteiger partial charge in [0.1, 0.15) is 6.10 Å². The monoisotopic (exact) mass is 976 g/mol. The van der Waals surface area contributed by atoms with Crippen molar-refractivity contribution in [2.75, 3.05) is 33.0 Å². The quantitative estimate of drug-likeness (QED) is 0.0268. The highest BCUT2D eigenvalue weighted by atomic mass is 31.2. The molecule has 0 rings (SSSR count). The van der Waals surface area contributed by atoms with Crippen LogP contribution in [0.2, 0.25) is 0 Å². The first-order valence-electron chi connectivity index (χ1n) is 28.8. The zero-order valence-corrected chi connectivity index (χ0v) is 45.5. The molecule has 68 heavy (non-hydrogen) atoms. The maximum atomic E-state index is 12.7. The fraction of sp³-hybridized carbons (Fsp3) is 0.814. The summed E-state index contributed by atoms with van der Waals surface area (Å²) >= 11 is 0. The number of hydrogen-bond donors (Lipinski definition) is 2. The molecule has 0 aromatic heterocycles. The first-order valence-corrected chi connectivity index (χ1v) is 30.3. The maximum Gasteiger partial charge on any atom is 0.472 e. The van der Waals surface area contributed by atoms with Gasteiger partial charge in [-0.05, 0) is 77.0 Å². The molecule has 0 spiro atoms. The molecule has 9 heteroatoms. The highest BCUT2D eigenvalue weighted by molar-refractivity contribution is 7.47. The summed E-state index contributed by atoms with van der Waals surface area (Å²) < 4.78 is 33.7. The van der Waals surface area contributed by atoms with E-state index in [1.165, 1.54) is 193 Å². The molecule has 0 bridgehead atoms. The maximum absolute atomic E-state index is 12.7. The largest absolute Gasteiger partial charge is 0.472 e. The lowest BCUT2D eigenvalue weighted by Gasteiger charge is -2.20. The van der Waals surface area contributed by atoms with Gasteiger partial charge in [0.2, 0.25) is 0 Å². The van der Waals surface area contributed by atoms with E-state index in [-0.39, 0.29) is 32.3 Å². The summed E-state index contributed by atoms with van der Waals surface area (Å²) in [7, 11) is -4.29. The van der Waals surface area contributed by atoms with Gasteiger partial charge in [0.15, 0.2) is 0 Å². The van der Waals surface area contributed by atoms with Gasteiger partial charge >= 0.3 is 13.8 Å². The molecule has 0 radical (unpaired) electrons. The van der Waals surface area contributed by atoms with Crippen LogP contribution in [0.5, 0.6) is 0 Å². The third-order valence-corrected chi connectivity index (χ3v) is 13.4. The van der Waals surface area contributed by atoms with Gasteiger partial charge in [-0.1, -0.05) is 248 Å². The molecule has 0 fully saturated rings. The normalized spacial score (nSPS) is 13.6. The smallest absolute Gasteiger partial charge is 0.457 e. The highest BCUT2D eigenvalue weighted by Gasteiger charge is 2.25. The van der Waals surface area contributed by atoms with E-state index in [0.717, 1.165) is 57.8 Å². The first-order chi connectivity index (χ1) is 33.4. The summed E-state index contributed by atoms with van der Waals surface area (Å²) in [5, 5.41) is 0. The molecule has 0 saturated carbocycles. The van der Waals surface area contributed by atoms with E-state index in [4.69, 9.17) is 24.3 Å². The third kappa shape index (κ3) is 55.1. The fourth-order valence-corrected chi connectivity index (χ4v) is 8.99. The predicted octanol–water partition coefficient (Wildman–Crippen LogP) is 18.4. The van der Waals surface area contributed by atoms with Crippen LogP contribution >= 0.6 is 7.82 Å². The van der Waals surface area contributed by atoms with Gasteiger partial charge in [-0.15, -0.1) is 0 Å². The Kier molecular flexibility index (Phi) is 54.6. The average Bonchev–Trinajstić information content (AvgIpc) is 3.33. The molecule has 0 amide bonds. The van der Waals surface area contributed by atoms with Crippen LogP contribution in [0.3, 0.4) is 0 Å². The number of rotatable bonds is 55. The van der Waals surface area contributed by atoms with E-state index in [0.29, 0.717) is 13.0 Å². The number of phosphoric acid groups is 1. The number of unbranched alkanes of at least 4 members (excludes halogenated alkanes) is 32. The Balaban J connectivity index is 3.88. The molecule has 2 unspecified atom stereocenters. The molecular formula is C59H110NO7P. The molecule has 0 aromatic rings. The number of carbonyl (C=O) groups excluding carboxylic acids is 1. The Morgan fingerprint density at radius 2 is 0.824 bits per heavy atom. The van der Waals surface area contributed by atoms with Crippen LogP contribution in [0.15, 0.2) is 60.8 Å². The molecule has 2 atom stereocenters. The van der Waals surface area contributed by atoms with Crippen LogP contribution in [0.4, 0.5) is 0 Å². The highest BCUT2D eigenvalue weighted by Crippen LogP contribution is 2.43. The summed E-state index contributed by atoms with van der Waals surface area (Å²) in [5.41, 5.74) is 5.40.